The minimum Gasteiger partial charge on any atom is -0.494 e. The van der Waals surface area contributed by atoms with Crippen molar-refractivity contribution in [3.63, 3.8) is 0 Å². The van der Waals surface area contributed by atoms with Crippen LogP contribution in [0.4, 0.5) is 11.4 Å². The van der Waals surface area contributed by atoms with Gasteiger partial charge in [-0.15, -0.1) is 24.8 Å². The number of rotatable bonds is 14. The summed E-state index contributed by atoms with van der Waals surface area (Å²) in [4.78, 5) is 55.8. The van der Waals surface area contributed by atoms with Crippen molar-refractivity contribution in [2.45, 2.75) is 39.2 Å². The molecule has 0 saturated carbocycles. The lowest BCUT2D eigenvalue weighted by molar-refractivity contribution is -0.132. The first-order chi connectivity index (χ1) is 23.7. The van der Waals surface area contributed by atoms with Crippen molar-refractivity contribution in [1.29, 1.82) is 0 Å². The van der Waals surface area contributed by atoms with Gasteiger partial charge in [-0.25, -0.2) is 9.78 Å². The van der Waals surface area contributed by atoms with E-state index in [1.807, 2.05) is 48.2 Å². The topological polar surface area (TPSA) is 130 Å². The third kappa shape index (κ3) is 9.66. The maximum atomic E-state index is 14.1. The summed E-state index contributed by atoms with van der Waals surface area (Å²) in [6.45, 7) is 6.12. The Morgan fingerprint density at radius 2 is 1.76 bits per heavy atom. The van der Waals surface area contributed by atoms with Gasteiger partial charge in [0.25, 0.3) is 5.91 Å². The lowest BCUT2D eigenvalue weighted by Crippen LogP contribution is -2.47. The molecule has 5 rings (SSSR count). The number of para-hydroxylation sites is 1. The molecule has 0 aliphatic carbocycles. The average Bonchev–Trinajstić information content (AvgIpc) is 3.52. The number of imidazole rings is 1. The Kier molecular flexibility index (Phi) is 15.5. The number of isocyanates is 1. The summed E-state index contributed by atoms with van der Waals surface area (Å²) in [6, 6.07) is 14.7. The Labute approximate surface area is 311 Å². The molecule has 2 heterocycles. The number of aliphatic imine (C=N–C) groups is 1. The van der Waals surface area contributed by atoms with Crippen LogP contribution in [-0.4, -0.2) is 98.8 Å². The van der Waals surface area contributed by atoms with Gasteiger partial charge in [-0.05, 0) is 69.1 Å². The summed E-state index contributed by atoms with van der Waals surface area (Å²) in [5.74, 6) is 1.28. The SMILES string of the molecule is COCc1nc2c(-c3ccc(C(=O)N(C)c4ccc(C)cc4OCCCCCC(=O)N4CCN(C)CC4)c(N=C=O)c3OC)cccc2[nH]1.Cl.Cl. The van der Waals surface area contributed by atoms with Crippen LogP contribution >= 0.6 is 24.8 Å². The molecule has 2 amide bonds. The third-order valence-electron chi connectivity index (χ3n) is 8.79. The summed E-state index contributed by atoms with van der Waals surface area (Å²) in [7, 11) is 6.80. The molecule has 1 fully saturated rings. The van der Waals surface area contributed by atoms with Crippen molar-refractivity contribution in [2.75, 3.05) is 66.0 Å². The van der Waals surface area contributed by atoms with Crippen molar-refractivity contribution in [1.82, 2.24) is 19.8 Å². The predicted molar refractivity (Wildman–Crippen MR) is 203 cm³/mol. The molecule has 0 radical (unpaired) electrons. The molecule has 14 heteroatoms. The van der Waals surface area contributed by atoms with Crippen molar-refractivity contribution < 1.29 is 28.6 Å². The number of unbranched alkanes of at least 4 members (excludes halogenated alkanes) is 2. The molecule has 12 nitrogen and oxygen atoms in total. The predicted octanol–water partition coefficient (Wildman–Crippen LogP) is 6.49. The van der Waals surface area contributed by atoms with Crippen molar-refractivity contribution in [3.05, 3.63) is 65.5 Å². The minimum atomic E-state index is -0.407. The second kappa shape index (κ2) is 19.2. The number of nitrogens with one attached hydrogen (secondary N) is 1. The van der Waals surface area contributed by atoms with E-state index in [9.17, 15) is 14.4 Å². The molecule has 0 atom stereocenters. The number of aromatic nitrogens is 2. The Balaban J connectivity index is 0.00000351. The molecule has 51 heavy (non-hydrogen) atoms. The number of anilines is 1. The maximum absolute atomic E-state index is 14.1. The number of carbonyl (C=O) groups is 2. The van der Waals surface area contributed by atoms with Crippen LogP contribution in [0.25, 0.3) is 22.2 Å². The van der Waals surface area contributed by atoms with Gasteiger partial charge in [0.2, 0.25) is 12.0 Å². The second-order valence-electron chi connectivity index (χ2n) is 12.2. The number of benzene rings is 3. The summed E-state index contributed by atoms with van der Waals surface area (Å²) >= 11 is 0. The minimum absolute atomic E-state index is 0. The number of hydrogen-bond donors (Lipinski definition) is 1. The number of likely N-dealkylation sites (N-methyl/N-ethyl adjacent to an activating group) is 1. The zero-order valence-corrected chi connectivity index (χ0v) is 31.3. The highest BCUT2D eigenvalue weighted by atomic mass is 35.5. The highest BCUT2D eigenvalue weighted by Crippen LogP contribution is 2.43. The number of H-pyrrole nitrogens is 1. The average molecular weight is 742 g/mol. The van der Waals surface area contributed by atoms with Gasteiger partial charge in [-0.2, -0.15) is 4.99 Å². The Morgan fingerprint density at radius 1 is 1.00 bits per heavy atom. The molecule has 1 aliphatic rings. The van der Waals surface area contributed by atoms with Gasteiger partial charge < -0.3 is 33.9 Å². The van der Waals surface area contributed by atoms with Crippen molar-refractivity contribution in [2.24, 2.45) is 4.99 Å². The lowest BCUT2D eigenvalue weighted by atomic mass is 9.98. The van der Waals surface area contributed by atoms with Crippen LogP contribution in [0, 0.1) is 6.92 Å². The van der Waals surface area contributed by atoms with Crippen LogP contribution in [0.3, 0.4) is 0 Å². The lowest BCUT2D eigenvalue weighted by Gasteiger charge is -2.32. The fraction of sp³-hybridized carbons (Fsp3) is 0.405. The molecule has 1 aromatic heterocycles. The van der Waals surface area contributed by atoms with Crippen LogP contribution in [0.15, 0.2) is 53.5 Å². The quantitative estimate of drug-likeness (QED) is 0.0882. The van der Waals surface area contributed by atoms with Crippen LogP contribution in [-0.2, 0) is 20.9 Å². The van der Waals surface area contributed by atoms with E-state index in [4.69, 9.17) is 19.2 Å². The molecule has 0 bridgehead atoms. The van der Waals surface area contributed by atoms with Gasteiger partial charge in [0.05, 0.1) is 36.0 Å². The summed E-state index contributed by atoms with van der Waals surface area (Å²) in [6.07, 6.45) is 4.56. The van der Waals surface area contributed by atoms with Gasteiger partial charge in [0.15, 0.2) is 5.75 Å². The first-order valence-electron chi connectivity index (χ1n) is 16.5. The van der Waals surface area contributed by atoms with Crippen LogP contribution in [0.5, 0.6) is 11.5 Å². The number of piperazine rings is 1. The summed E-state index contributed by atoms with van der Waals surface area (Å²) in [5, 5.41) is 0. The number of hydrogen-bond acceptors (Lipinski definition) is 9. The first-order valence-corrected chi connectivity index (χ1v) is 16.5. The fourth-order valence-corrected chi connectivity index (χ4v) is 6.08. The first kappa shape index (κ1) is 41.0. The van der Waals surface area contributed by atoms with E-state index >= 15 is 0 Å². The van der Waals surface area contributed by atoms with Crippen molar-refractivity contribution in [3.8, 4) is 22.6 Å². The van der Waals surface area contributed by atoms with Gasteiger partial charge in [-0.1, -0.05) is 18.2 Å². The van der Waals surface area contributed by atoms with E-state index in [-0.39, 0.29) is 47.7 Å². The molecule has 274 valence electrons. The molecule has 1 saturated heterocycles. The standard InChI is InChI=1S/C37H44N6O6.2ClH/c1-25-13-16-30(31(22-25)49-21-8-6-7-12-33(45)43-19-17-41(2)18-20-43)42(3)37(46)28-15-14-27(36(48-5)35(28)38-24-44)26-10-9-11-29-34(26)40-32(39-29)23-47-4;;/h9-11,13-16,22H,6-8,12,17-21,23H2,1-5H3,(H,39,40);2*1H. The third-order valence-corrected chi connectivity index (χ3v) is 8.79. The van der Waals surface area contributed by atoms with Gasteiger partial charge in [-0.3, -0.25) is 9.59 Å². The fourth-order valence-electron chi connectivity index (χ4n) is 6.08. The molecule has 0 unspecified atom stereocenters. The number of methoxy groups -OCH3 is 2. The van der Waals surface area contributed by atoms with E-state index in [0.717, 1.165) is 62.1 Å². The Hall–Kier alpha value is -4.45. The van der Waals surface area contributed by atoms with Crippen LogP contribution < -0.4 is 14.4 Å². The highest BCUT2D eigenvalue weighted by Gasteiger charge is 2.26. The summed E-state index contributed by atoms with van der Waals surface area (Å²) < 4.78 is 17.2. The van der Waals surface area contributed by atoms with Crippen molar-refractivity contribution >= 4 is 65.1 Å². The number of aryl methyl sites for hydroxylation is 1. The number of carbonyl (C=O) groups excluding carboxylic acids is 3. The van der Waals surface area contributed by atoms with Gasteiger partial charge >= 0.3 is 0 Å². The number of fused-ring (bicyclic) bond motifs is 1. The number of aromatic amines is 1. The van der Waals surface area contributed by atoms with Gasteiger partial charge in [0, 0.05) is 57.9 Å². The molecular weight excluding hydrogens is 695 g/mol. The van der Waals surface area contributed by atoms with Crippen LogP contribution in [0.2, 0.25) is 0 Å². The smallest absolute Gasteiger partial charge is 0.260 e. The molecule has 1 N–H and O–H groups in total. The molecular formula is C37H46Cl2N6O6. The largest absolute Gasteiger partial charge is 0.494 e. The molecule has 4 aromatic rings. The number of ether oxygens (including phenoxy) is 3. The zero-order valence-electron chi connectivity index (χ0n) is 29.7. The van der Waals surface area contributed by atoms with E-state index < -0.39 is 5.91 Å². The zero-order chi connectivity index (χ0) is 34.9. The second-order valence-corrected chi connectivity index (χ2v) is 12.2. The van der Waals surface area contributed by atoms with E-state index in [2.05, 4.69) is 21.9 Å². The number of amides is 2. The van der Waals surface area contributed by atoms with E-state index in [1.165, 1.54) is 12.0 Å². The van der Waals surface area contributed by atoms with E-state index in [0.29, 0.717) is 48.0 Å². The number of nitrogens with zero attached hydrogens (tertiary/aromatic N) is 5. The summed E-state index contributed by atoms with van der Waals surface area (Å²) in [5.41, 5.74) is 4.62. The molecule has 0 spiro atoms. The Morgan fingerprint density at radius 3 is 2.47 bits per heavy atom. The monoisotopic (exact) mass is 740 g/mol. The normalized spacial score (nSPS) is 12.8. The van der Waals surface area contributed by atoms with E-state index in [1.54, 1.807) is 32.4 Å². The Bertz CT molecular complexity index is 1850. The van der Waals surface area contributed by atoms with Crippen LogP contribution in [0.1, 0.15) is 47.4 Å². The highest BCUT2D eigenvalue weighted by molar-refractivity contribution is 6.11. The maximum Gasteiger partial charge on any atom is 0.260 e. The molecule has 3 aromatic carbocycles. The number of halogens is 2. The van der Waals surface area contributed by atoms with Gasteiger partial charge in [0.1, 0.15) is 23.9 Å². The molecule has 1 aliphatic heterocycles.